The van der Waals surface area contributed by atoms with Crippen molar-refractivity contribution in [3.63, 3.8) is 0 Å². The molecule has 0 aromatic carbocycles. The number of aliphatic hydroxyl groups is 1. The molecule has 0 saturated carbocycles. The second kappa shape index (κ2) is 4.57. The fourth-order valence-electron chi connectivity index (χ4n) is 1.37. The highest BCUT2D eigenvalue weighted by Crippen LogP contribution is 2.31. The van der Waals surface area contributed by atoms with Crippen LogP contribution in [0.15, 0.2) is 0 Å². The number of morpholine rings is 1. The number of β-amino-alcohol motifs (C(OH)–C–C–N with tert-alkyl or cyclic N) is 1. The first kappa shape index (κ1) is 11.2. The molecule has 1 saturated heterocycles. The minimum atomic E-state index is -1.90. The van der Waals surface area contributed by atoms with Crippen LogP contribution in [-0.4, -0.2) is 61.8 Å². The van der Waals surface area contributed by atoms with Crippen molar-refractivity contribution in [3.8, 4) is 0 Å². The van der Waals surface area contributed by atoms with Gasteiger partial charge in [-0.15, -0.1) is 0 Å². The maximum atomic E-state index is 11.7. The third kappa shape index (κ3) is 3.07. The number of hydrogen-bond acceptors (Lipinski definition) is 3. The summed E-state index contributed by atoms with van der Waals surface area (Å²) in [6, 6.07) is -0.0577. The summed E-state index contributed by atoms with van der Waals surface area (Å²) in [6.45, 7) is 0.952. The Balaban J connectivity index is 2.55. The molecule has 1 rings (SSSR count). The van der Waals surface area contributed by atoms with E-state index in [0.29, 0.717) is 13.1 Å². The number of nitrogens with zero attached hydrogens (tertiary/aromatic N) is 2. The van der Waals surface area contributed by atoms with Gasteiger partial charge >= 0.3 is 0 Å². The zero-order valence-corrected chi connectivity index (χ0v) is 9.23. The monoisotopic (exact) mass is 206 g/mol. The molecule has 7 heteroatoms. The lowest BCUT2D eigenvalue weighted by molar-refractivity contribution is -0.145. The van der Waals surface area contributed by atoms with Crippen LogP contribution < -0.4 is 0 Å². The van der Waals surface area contributed by atoms with Gasteiger partial charge < -0.3 is 9.84 Å². The van der Waals surface area contributed by atoms with Gasteiger partial charge in [-0.05, 0) is 14.1 Å². The Morgan fingerprint density at radius 3 is 2.69 bits per heavy atom. The summed E-state index contributed by atoms with van der Waals surface area (Å²) in [5.41, 5.74) is 0. The molecule has 76 valence electrons. The minimum Gasteiger partial charge on any atom is -0.367 e. The number of ether oxygens (including phenoxy) is 1. The Labute approximate surface area is 80.0 Å². The molecule has 1 aliphatic heterocycles. The summed E-state index contributed by atoms with van der Waals surface area (Å²) >= 11 is 0. The van der Waals surface area contributed by atoms with Crippen LogP contribution in [0.4, 0.5) is 0 Å². The SMILES string of the molecule is BC1CN([PH](=O)N(C)C)CC(O)O1. The second-order valence-corrected chi connectivity index (χ2v) is 5.58. The van der Waals surface area contributed by atoms with E-state index in [2.05, 4.69) is 0 Å². The smallest absolute Gasteiger partial charge is 0.204 e. The van der Waals surface area contributed by atoms with Crippen molar-refractivity contribution < 1.29 is 14.4 Å². The van der Waals surface area contributed by atoms with E-state index in [0.717, 1.165) is 0 Å². The largest absolute Gasteiger partial charge is 0.367 e. The van der Waals surface area contributed by atoms with Crippen molar-refractivity contribution in [1.29, 1.82) is 0 Å². The quantitative estimate of drug-likeness (QED) is 0.442. The normalized spacial score (nSPS) is 33.5. The topological polar surface area (TPSA) is 53.0 Å². The van der Waals surface area contributed by atoms with Crippen molar-refractivity contribution in [2.24, 2.45) is 0 Å². The van der Waals surface area contributed by atoms with Crippen molar-refractivity contribution in [2.45, 2.75) is 12.3 Å². The lowest BCUT2D eigenvalue weighted by Crippen LogP contribution is -2.45. The average Bonchev–Trinajstić information content (AvgIpc) is 2.01. The van der Waals surface area contributed by atoms with Crippen molar-refractivity contribution in [3.05, 3.63) is 0 Å². The predicted molar refractivity (Wildman–Crippen MR) is 53.7 cm³/mol. The van der Waals surface area contributed by atoms with Gasteiger partial charge in [-0.3, -0.25) is 4.57 Å². The molecular formula is C6H16BN2O3P. The number of rotatable bonds is 2. The Morgan fingerprint density at radius 2 is 2.23 bits per heavy atom. The molecule has 0 amide bonds. The van der Waals surface area contributed by atoms with Crippen LogP contribution in [-0.2, 0) is 9.30 Å². The Kier molecular flexibility index (Phi) is 3.95. The number of aliphatic hydroxyl groups excluding tert-OH is 1. The van der Waals surface area contributed by atoms with Gasteiger partial charge in [0.25, 0.3) is 0 Å². The van der Waals surface area contributed by atoms with E-state index in [-0.39, 0.29) is 6.00 Å². The zero-order valence-electron chi connectivity index (χ0n) is 8.23. The van der Waals surface area contributed by atoms with E-state index in [4.69, 9.17) is 4.74 Å². The molecule has 0 spiro atoms. The second-order valence-electron chi connectivity index (χ2n) is 3.48. The Bertz CT molecular complexity index is 194. The summed E-state index contributed by atoms with van der Waals surface area (Å²) in [6.07, 6.45) is -0.808. The van der Waals surface area contributed by atoms with Gasteiger partial charge in [0, 0.05) is 12.5 Å². The van der Waals surface area contributed by atoms with Crippen LogP contribution in [0, 0.1) is 0 Å². The summed E-state index contributed by atoms with van der Waals surface area (Å²) in [7, 11) is 3.51. The first-order valence-electron chi connectivity index (χ1n) is 4.30. The zero-order chi connectivity index (χ0) is 10.0. The molecule has 1 heterocycles. The molecule has 1 aliphatic rings. The van der Waals surface area contributed by atoms with Crippen LogP contribution >= 0.6 is 8.10 Å². The van der Waals surface area contributed by atoms with E-state index in [9.17, 15) is 9.67 Å². The van der Waals surface area contributed by atoms with Crippen molar-refractivity contribution >= 4 is 15.9 Å². The van der Waals surface area contributed by atoms with E-state index in [1.54, 1.807) is 23.4 Å². The average molecular weight is 206 g/mol. The van der Waals surface area contributed by atoms with Gasteiger partial charge in [-0.2, -0.15) is 0 Å². The van der Waals surface area contributed by atoms with Gasteiger partial charge in [0.05, 0.1) is 6.54 Å². The summed E-state index contributed by atoms with van der Waals surface area (Å²) in [4.78, 5) is 0. The van der Waals surface area contributed by atoms with Gasteiger partial charge in [-0.25, -0.2) is 9.34 Å². The highest BCUT2D eigenvalue weighted by Gasteiger charge is 2.27. The molecule has 5 nitrogen and oxygen atoms in total. The molecule has 0 aliphatic carbocycles. The van der Waals surface area contributed by atoms with Gasteiger partial charge in [0.1, 0.15) is 7.85 Å². The molecule has 0 aromatic rings. The lowest BCUT2D eigenvalue weighted by atomic mass is 9.99. The predicted octanol–water partition coefficient (Wildman–Crippen LogP) is -1.45. The fraction of sp³-hybridized carbons (Fsp3) is 1.00. The fourth-order valence-corrected chi connectivity index (χ4v) is 2.66. The Morgan fingerprint density at radius 1 is 1.62 bits per heavy atom. The van der Waals surface area contributed by atoms with Crippen LogP contribution in [0.2, 0.25) is 0 Å². The molecule has 3 atom stereocenters. The summed E-state index contributed by atoms with van der Waals surface area (Å²) < 4.78 is 20.2. The van der Waals surface area contributed by atoms with Gasteiger partial charge in [0.2, 0.25) is 8.10 Å². The molecule has 0 radical (unpaired) electrons. The maximum absolute atomic E-state index is 11.7. The summed E-state index contributed by atoms with van der Waals surface area (Å²) in [5, 5.41) is 9.28. The van der Waals surface area contributed by atoms with Crippen molar-refractivity contribution in [2.75, 3.05) is 27.2 Å². The van der Waals surface area contributed by atoms with Crippen molar-refractivity contribution in [1.82, 2.24) is 9.34 Å². The molecule has 3 unspecified atom stereocenters. The van der Waals surface area contributed by atoms with Crippen LogP contribution in [0.1, 0.15) is 0 Å². The van der Waals surface area contributed by atoms with Crippen LogP contribution in [0.3, 0.4) is 0 Å². The maximum Gasteiger partial charge on any atom is 0.204 e. The highest BCUT2D eigenvalue weighted by molar-refractivity contribution is 7.39. The van der Waals surface area contributed by atoms with Crippen LogP contribution in [0.5, 0.6) is 0 Å². The van der Waals surface area contributed by atoms with E-state index < -0.39 is 14.4 Å². The third-order valence-corrected chi connectivity index (χ3v) is 3.57. The lowest BCUT2D eigenvalue weighted by Gasteiger charge is -2.35. The minimum absolute atomic E-state index is 0.0577. The highest BCUT2D eigenvalue weighted by atomic mass is 31.1. The molecule has 1 fully saturated rings. The third-order valence-electron chi connectivity index (χ3n) is 1.90. The molecular weight excluding hydrogens is 190 g/mol. The number of hydrogen-bond donors (Lipinski definition) is 1. The molecule has 1 N–H and O–H groups in total. The van der Waals surface area contributed by atoms with Gasteiger partial charge in [0.15, 0.2) is 6.29 Å². The molecule has 0 bridgehead atoms. The first-order valence-corrected chi connectivity index (χ1v) is 5.60. The molecule has 13 heavy (non-hydrogen) atoms. The summed E-state index contributed by atoms with van der Waals surface area (Å²) in [5.74, 6) is 0. The van der Waals surface area contributed by atoms with E-state index in [1.165, 1.54) is 0 Å². The van der Waals surface area contributed by atoms with Gasteiger partial charge in [-0.1, -0.05) is 0 Å². The van der Waals surface area contributed by atoms with E-state index >= 15 is 0 Å². The first-order chi connectivity index (χ1) is 6.00. The van der Waals surface area contributed by atoms with E-state index in [1.807, 2.05) is 7.85 Å². The standard InChI is InChI=1S/C6H16BN2O3P/c1-8(2)13(11)9-3-5(7)12-6(10)4-9/h5-6,10,13H,3-4,7H2,1-2H3. The van der Waals surface area contributed by atoms with Crippen LogP contribution in [0.25, 0.3) is 0 Å². The molecule has 0 aromatic heterocycles. The Hall–Kier alpha value is 0.135.